The van der Waals surface area contributed by atoms with Crippen molar-refractivity contribution in [2.24, 2.45) is 0 Å². The van der Waals surface area contributed by atoms with Crippen LogP contribution < -0.4 is 14.8 Å². The van der Waals surface area contributed by atoms with E-state index in [0.717, 1.165) is 41.9 Å². The van der Waals surface area contributed by atoms with Crippen LogP contribution in [0.2, 0.25) is 0 Å². The lowest BCUT2D eigenvalue weighted by Crippen LogP contribution is -2.44. The first-order chi connectivity index (χ1) is 13.1. The Bertz CT molecular complexity index is 824. The van der Waals surface area contributed by atoms with Crippen LogP contribution in [0, 0.1) is 0 Å². The van der Waals surface area contributed by atoms with Crippen LogP contribution in [0.5, 0.6) is 11.5 Å². The molecule has 1 heterocycles. The molecule has 1 aliphatic heterocycles. The molecule has 1 atom stereocenters. The van der Waals surface area contributed by atoms with E-state index in [1.807, 2.05) is 48.5 Å². The summed E-state index contributed by atoms with van der Waals surface area (Å²) in [4.78, 5) is 12.6. The number of methoxy groups -OCH3 is 1. The van der Waals surface area contributed by atoms with Crippen molar-refractivity contribution in [2.45, 2.75) is 44.8 Å². The fourth-order valence-corrected chi connectivity index (χ4v) is 3.62. The van der Waals surface area contributed by atoms with Crippen LogP contribution >= 0.6 is 0 Å². The monoisotopic (exact) mass is 365 g/mol. The number of para-hydroxylation sites is 2. The van der Waals surface area contributed by atoms with Gasteiger partial charge in [0.05, 0.1) is 13.2 Å². The molecule has 4 nitrogen and oxygen atoms in total. The van der Waals surface area contributed by atoms with Crippen molar-refractivity contribution in [3.05, 3.63) is 65.7 Å². The largest absolute Gasteiger partial charge is 0.496 e. The first-order valence-electron chi connectivity index (χ1n) is 9.50. The minimum Gasteiger partial charge on any atom is -0.496 e. The lowest BCUT2D eigenvalue weighted by atomic mass is 9.83. The molecule has 142 valence electrons. The molecule has 0 fully saturated rings. The highest BCUT2D eigenvalue weighted by molar-refractivity contribution is 5.92. The van der Waals surface area contributed by atoms with Gasteiger partial charge < -0.3 is 14.8 Å². The van der Waals surface area contributed by atoms with Gasteiger partial charge in [0, 0.05) is 23.6 Å². The Labute approximate surface area is 161 Å². The van der Waals surface area contributed by atoms with Crippen molar-refractivity contribution in [3.63, 3.8) is 0 Å². The zero-order chi connectivity index (χ0) is 19.3. The molecule has 1 N–H and O–H groups in total. The average molecular weight is 365 g/mol. The standard InChI is InChI=1S/C23H27NO3/c1-4-23(5-2)16-19(18-11-7-9-13-21(18)27-23)24-22(25)15-14-17-10-6-8-12-20(17)26-3/h6-15,19H,4-5,16H2,1-3H3,(H,24,25)/b15-14+/t19-/m1/s1. The normalized spacial score (nSPS) is 17.8. The van der Waals surface area contributed by atoms with Crippen LogP contribution in [0.1, 0.15) is 50.3 Å². The third-order valence-corrected chi connectivity index (χ3v) is 5.36. The van der Waals surface area contributed by atoms with Gasteiger partial charge in [-0.05, 0) is 31.1 Å². The lowest BCUT2D eigenvalue weighted by molar-refractivity contribution is -0.117. The molecule has 0 unspecified atom stereocenters. The van der Waals surface area contributed by atoms with Gasteiger partial charge in [-0.3, -0.25) is 4.79 Å². The highest BCUT2D eigenvalue weighted by Crippen LogP contribution is 2.42. The first-order valence-corrected chi connectivity index (χ1v) is 9.50. The van der Waals surface area contributed by atoms with Gasteiger partial charge in [-0.1, -0.05) is 50.2 Å². The minimum atomic E-state index is -0.237. The van der Waals surface area contributed by atoms with Crippen LogP contribution in [0.4, 0.5) is 0 Å². The number of benzene rings is 2. The number of hydrogen-bond acceptors (Lipinski definition) is 3. The SMILES string of the molecule is CCC1(CC)C[C@@H](NC(=O)/C=C/c2ccccc2OC)c2ccccc2O1. The lowest BCUT2D eigenvalue weighted by Gasteiger charge is -2.41. The smallest absolute Gasteiger partial charge is 0.244 e. The summed E-state index contributed by atoms with van der Waals surface area (Å²) in [6.07, 6.45) is 5.93. The minimum absolute atomic E-state index is 0.0651. The molecule has 0 aromatic heterocycles. The van der Waals surface area contributed by atoms with Crippen molar-refractivity contribution in [1.82, 2.24) is 5.32 Å². The Kier molecular flexibility index (Phi) is 5.84. The molecule has 1 amide bonds. The summed E-state index contributed by atoms with van der Waals surface area (Å²) in [5.41, 5.74) is 1.67. The molecule has 4 heteroatoms. The third-order valence-electron chi connectivity index (χ3n) is 5.36. The van der Waals surface area contributed by atoms with Gasteiger partial charge in [-0.2, -0.15) is 0 Å². The Balaban J connectivity index is 1.79. The van der Waals surface area contributed by atoms with E-state index in [9.17, 15) is 4.79 Å². The summed E-state index contributed by atoms with van der Waals surface area (Å²) in [6.45, 7) is 4.27. The average Bonchev–Trinajstić information content (AvgIpc) is 2.72. The van der Waals surface area contributed by atoms with Gasteiger partial charge in [0.15, 0.2) is 0 Å². The molecule has 2 aromatic rings. The molecule has 27 heavy (non-hydrogen) atoms. The zero-order valence-corrected chi connectivity index (χ0v) is 16.2. The number of amides is 1. The fourth-order valence-electron chi connectivity index (χ4n) is 3.62. The van der Waals surface area contributed by atoms with E-state index in [0.29, 0.717) is 0 Å². The Hall–Kier alpha value is -2.75. The van der Waals surface area contributed by atoms with Crippen molar-refractivity contribution in [1.29, 1.82) is 0 Å². The molecule has 0 bridgehead atoms. The van der Waals surface area contributed by atoms with Crippen molar-refractivity contribution < 1.29 is 14.3 Å². The van der Waals surface area contributed by atoms with E-state index in [1.54, 1.807) is 19.3 Å². The summed E-state index contributed by atoms with van der Waals surface area (Å²) in [6, 6.07) is 15.5. The van der Waals surface area contributed by atoms with E-state index in [2.05, 4.69) is 19.2 Å². The maximum atomic E-state index is 12.6. The van der Waals surface area contributed by atoms with E-state index in [1.165, 1.54) is 0 Å². The molecule has 0 spiro atoms. The van der Waals surface area contributed by atoms with Crippen LogP contribution in [-0.4, -0.2) is 18.6 Å². The van der Waals surface area contributed by atoms with Gasteiger partial charge in [0.25, 0.3) is 0 Å². The maximum absolute atomic E-state index is 12.6. The Morgan fingerprint density at radius 1 is 1.19 bits per heavy atom. The van der Waals surface area contributed by atoms with Crippen LogP contribution in [-0.2, 0) is 4.79 Å². The number of carbonyl (C=O) groups is 1. The number of nitrogens with one attached hydrogen (secondary N) is 1. The second kappa shape index (κ2) is 8.30. The summed E-state index contributed by atoms with van der Waals surface area (Å²) in [7, 11) is 1.63. The topological polar surface area (TPSA) is 47.6 Å². The number of rotatable bonds is 6. The van der Waals surface area contributed by atoms with Gasteiger partial charge >= 0.3 is 0 Å². The number of carbonyl (C=O) groups excluding carboxylic acids is 1. The van der Waals surface area contributed by atoms with E-state index < -0.39 is 0 Å². The molecule has 2 aromatic carbocycles. The number of ether oxygens (including phenoxy) is 2. The molecule has 0 radical (unpaired) electrons. The number of fused-ring (bicyclic) bond motifs is 1. The molecule has 0 saturated carbocycles. The van der Waals surface area contributed by atoms with Crippen molar-refractivity contribution in [3.8, 4) is 11.5 Å². The fraction of sp³-hybridized carbons (Fsp3) is 0.348. The summed E-state index contributed by atoms with van der Waals surface area (Å²) in [5.74, 6) is 1.49. The molecule has 1 aliphatic rings. The molecule has 3 rings (SSSR count). The summed E-state index contributed by atoms with van der Waals surface area (Å²) >= 11 is 0. The predicted octanol–water partition coefficient (Wildman–Crippen LogP) is 4.91. The van der Waals surface area contributed by atoms with Crippen molar-refractivity contribution >= 4 is 12.0 Å². The Morgan fingerprint density at radius 2 is 1.89 bits per heavy atom. The van der Waals surface area contributed by atoms with E-state index >= 15 is 0 Å². The van der Waals surface area contributed by atoms with Crippen LogP contribution in [0.3, 0.4) is 0 Å². The Morgan fingerprint density at radius 3 is 2.63 bits per heavy atom. The molecular weight excluding hydrogens is 338 g/mol. The van der Waals surface area contributed by atoms with Gasteiger partial charge in [0.2, 0.25) is 5.91 Å². The van der Waals surface area contributed by atoms with E-state index in [4.69, 9.17) is 9.47 Å². The van der Waals surface area contributed by atoms with Crippen LogP contribution in [0.15, 0.2) is 54.6 Å². The third kappa shape index (κ3) is 4.16. The molecule has 0 saturated heterocycles. The summed E-state index contributed by atoms with van der Waals surface area (Å²) in [5, 5.41) is 3.16. The van der Waals surface area contributed by atoms with E-state index in [-0.39, 0.29) is 17.6 Å². The highest BCUT2D eigenvalue weighted by atomic mass is 16.5. The zero-order valence-electron chi connectivity index (χ0n) is 16.2. The highest BCUT2D eigenvalue weighted by Gasteiger charge is 2.38. The van der Waals surface area contributed by atoms with Crippen molar-refractivity contribution in [2.75, 3.05) is 7.11 Å². The first kappa shape index (κ1) is 19.0. The number of hydrogen-bond donors (Lipinski definition) is 1. The predicted molar refractivity (Wildman–Crippen MR) is 108 cm³/mol. The molecular formula is C23H27NO3. The van der Waals surface area contributed by atoms with Gasteiger partial charge in [-0.25, -0.2) is 0 Å². The van der Waals surface area contributed by atoms with Gasteiger partial charge in [0.1, 0.15) is 17.1 Å². The second-order valence-corrected chi connectivity index (χ2v) is 6.87. The maximum Gasteiger partial charge on any atom is 0.244 e. The van der Waals surface area contributed by atoms with Gasteiger partial charge in [-0.15, -0.1) is 0 Å². The summed E-state index contributed by atoms with van der Waals surface area (Å²) < 4.78 is 11.6. The van der Waals surface area contributed by atoms with Crippen LogP contribution in [0.25, 0.3) is 6.08 Å². The quantitative estimate of drug-likeness (QED) is 0.740. The molecule has 0 aliphatic carbocycles. The second-order valence-electron chi connectivity index (χ2n) is 6.87.